The Morgan fingerprint density at radius 2 is 2.42 bits per heavy atom. The molecule has 0 aromatic rings. The van der Waals surface area contributed by atoms with Gasteiger partial charge in [0, 0.05) is 13.5 Å². The van der Waals surface area contributed by atoms with Gasteiger partial charge in [-0.05, 0) is 18.8 Å². The molecule has 1 rings (SSSR count). The number of ether oxygens (including phenoxy) is 2. The van der Waals surface area contributed by atoms with Crippen LogP contribution in [0.25, 0.3) is 0 Å². The number of esters is 1. The van der Waals surface area contributed by atoms with Crippen molar-refractivity contribution in [2.24, 2.45) is 5.92 Å². The van der Waals surface area contributed by atoms with Gasteiger partial charge in [-0.25, -0.2) is 0 Å². The standard InChI is InChI=1S/C9H16O3/c1-7-3-4-11-9(5-7)6-12-8(2)10/h7,9H,3-6H2,1-2H3. The molecular formula is C9H16O3. The molecule has 2 atom stereocenters. The van der Waals surface area contributed by atoms with E-state index < -0.39 is 0 Å². The van der Waals surface area contributed by atoms with Crippen LogP contribution < -0.4 is 0 Å². The molecular weight excluding hydrogens is 156 g/mol. The number of carbonyl (C=O) groups excluding carboxylic acids is 1. The molecule has 0 saturated carbocycles. The molecule has 2 unspecified atom stereocenters. The molecule has 0 aliphatic carbocycles. The summed E-state index contributed by atoms with van der Waals surface area (Å²) >= 11 is 0. The minimum absolute atomic E-state index is 0.123. The molecule has 3 heteroatoms. The van der Waals surface area contributed by atoms with E-state index in [0.717, 1.165) is 19.4 Å². The fourth-order valence-corrected chi connectivity index (χ4v) is 1.40. The van der Waals surface area contributed by atoms with Gasteiger partial charge in [-0.15, -0.1) is 0 Å². The Morgan fingerprint density at radius 1 is 1.67 bits per heavy atom. The Morgan fingerprint density at radius 3 is 3.00 bits per heavy atom. The summed E-state index contributed by atoms with van der Waals surface area (Å²) in [4.78, 5) is 10.5. The quantitative estimate of drug-likeness (QED) is 0.590. The van der Waals surface area contributed by atoms with Crippen molar-refractivity contribution in [3.05, 3.63) is 0 Å². The van der Waals surface area contributed by atoms with Crippen LogP contribution in [0.1, 0.15) is 26.7 Å². The lowest BCUT2D eigenvalue weighted by atomic mass is 9.98. The summed E-state index contributed by atoms with van der Waals surface area (Å²) in [6.07, 6.45) is 2.25. The number of rotatable bonds is 2. The van der Waals surface area contributed by atoms with Crippen LogP contribution in [0.5, 0.6) is 0 Å². The normalized spacial score (nSPS) is 29.8. The zero-order valence-electron chi connectivity index (χ0n) is 7.71. The fraction of sp³-hybridized carbons (Fsp3) is 0.889. The Bertz CT molecular complexity index is 156. The molecule has 1 heterocycles. The van der Waals surface area contributed by atoms with Crippen LogP contribution in [0.2, 0.25) is 0 Å². The monoisotopic (exact) mass is 172 g/mol. The highest BCUT2D eigenvalue weighted by molar-refractivity contribution is 5.65. The van der Waals surface area contributed by atoms with Crippen LogP contribution in [-0.4, -0.2) is 25.3 Å². The predicted molar refractivity (Wildman–Crippen MR) is 44.8 cm³/mol. The Labute approximate surface area is 73.0 Å². The van der Waals surface area contributed by atoms with Crippen molar-refractivity contribution >= 4 is 5.97 Å². The Hall–Kier alpha value is -0.570. The lowest BCUT2D eigenvalue weighted by molar-refractivity contribution is -0.147. The van der Waals surface area contributed by atoms with Gasteiger partial charge in [-0.1, -0.05) is 6.92 Å². The third kappa shape index (κ3) is 3.22. The number of hydrogen-bond donors (Lipinski definition) is 0. The van der Waals surface area contributed by atoms with Gasteiger partial charge < -0.3 is 9.47 Å². The smallest absolute Gasteiger partial charge is 0.302 e. The largest absolute Gasteiger partial charge is 0.463 e. The summed E-state index contributed by atoms with van der Waals surface area (Å²) in [6, 6.07) is 0. The van der Waals surface area contributed by atoms with Crippen LogP contribution in [0.3, 0.4) is 0 Å². The van der Waals surface area contributed by atoms with E-state index in [1.165, 1.54) is 6.92 Å². The van der Waals surface area contributed by atoms with Gasteiger partial charge in [0.25, 0.3) is 0 Å². The van der Waals surface area contributed by atoms with Crippen molar-refractivity contribution in [2.75, 3.05) is 13.2 Å². The summed E-state index contributed by atoms with van der Waals surface area (Å²) in [7, 11) is 0. The average Bonchev–Trinajstić information content (AvgIpc) is 2.01. The maximum atomic E-state index is 10.5. The van der Waals surface area contributed by atoms with Crippen molar-refractivity contribution in [1.82, 2.24) is 0 Å². The zero-order chi connectivity index (χ0) is 8.97. The molecule has 12 heavy (non-hydrogen) atoms. The molecule has 1 aliphatic rings. The second-order valence-corrected chi connectivity index (χ2v) is 3.42. The zero-order valence-corrected chi connectivity index (χ0v) is 7.71. The van der Waals surface area contributed by atoms with Crippen LogP contribution >= 0.6 is 0 Å². The Kier molecular flexibility index (Phi) is 3.53. The molecule has 1 aliphatic heterocycles. The molecule has 3 nitrogen and oxygen atoms in total. The van der Waals surface area contributed by atoms with Gasteiger partial charge in [0.1, 0.15) is 6.61 Å². The average molecular weight is 172 g/mol. The first-order valence-electron chi connectivity index (χ1n) is 4.43. The van der Waals surface area contributed by atoms with E-state index in [2.05, 4.69) is 6.92 Å². The van der Waals surface area contributed by atoms with Crippen molar-refractivity contribution in [3.63, 3.8) is 0 Å². The second kappa shape index (κ2) is 4.45. The summed E-state index contributed by atoms with van der Waals surface area (Å²) in [6.45, 7) is 4.84. The van der Waals surface area contributed by atoms with Crippen molar-refractivity contribution in [3.8, 4) is 0 Å². The van der Waals surface area contributed by atoms with Gasteiger partial charge in [0.05, 0.1) is 6.10 Å². The Balaban J connectivity index is 2.18. The maximum absolute atomic E-state index is 10.5. The van der Waals surface area contributed by atoms with Gasteiger partial charge in [0.15, 0.2) is 0 Å². The molecule has 0 amide bonds. The van der Waals surface area contributed by atoms with Gasteiger partial charge in [-0.2, -0.15) is 0 Å². The summed E-state index contributed by atoms with van der Waals surface area (Å²) in [5, 5.41) is 0. The lowest BCUT2D eigenvalue weighted by Gasteiger charge is -2.26. The molecule has 0 aromatic carbocycles. The van der Waals surface area contributed by atoms with Crippen LogP contribution in [-0.2, 0) is 14.3 Å². The molecule has 0 spiro atoms. The highest BCUT2D eigenvalue weighted by atomic mass is 16.6. The van der Waals surface area contributed by atoms with Crippen LogP contribution in [0.15, 0.2) is 0 Å². The van der Waals surface area contributed by atoms with Gasteiger partial charge in [-0.3, -0.25) is 4.79 Å². The van der Waals surface area contributed by atoms with Gasteiger partial charge >= 0.3 is 5.97 Å². The first-order valence-corrected chi connectivity index (χ1v) is 4.43. The van der Waals surface area contributed by atoms with E-state index in [4.69, 9.17) is 9.47 Å². The highest BCUT2D eigenvalue weighted by Gasteiger charge is 2.19. The van der Waals surface area contributed by atoms with E-state index in [1.807, 2.05) is 0 Å². The topological polar surface area (TPSA) is 35.5 Å². The van der Waals surface area contributed by atoms with E-state index in [-0.39, 0.29) is 12.1 Å². The summed E-state index contributed by atoms with van der Waals surface area (Å²) < 4.78 is 10.3. The molecule has 0 aromatic heterocycles. The SMILES string of the molecule is CC(=O)OCC1CC(C)CCO1. The molecule has 0 N–H and O–H groups in total. The third-order valence-corrected chi connectivity index (χ3v) is 2.10. The fourth-order valence-electron chi connectivity index (χ4n) is 1.40. The first kappa shape index (κ1) is 9.52. The second-order valence-electron chi connectivity index (χ2n) is 3.42. The molecule has 70 valence electrons. The minimum Gasteiger partial charge on any atom is -0.463 e. The van der Waals surface area contributed by atoms with Crippen molar-refractivity contribution < 1.29 is 14.3 Å². The minimum atomic E-state index is -0.225. The van der Waals surface area contributed by atoms with E-state index in [9.17, 15) is 4.79 Å². The van der Waals surface area contributed by atoms with E-state index in [1.54, 1.807) is 0 Å². The van der Waals surface area contributed by atoms with E-state index in [0.29, 0.717) is 12.5 Å². The molecule has 1 fully saturated rings. The van der Waals surface area contributed by atoms with Crippen LogP contribution in [0.4, 0.5) is 0 Å². The molecule has 1 saturated heterocycles. The molecule has 0 radical (unpaired) electrons. The number of hydrogen-bond acceptors (Lipinski definition) is 3. The summed E-state index contributed by atoms with van der Waals surface area (Å²) in [5.74, 6) is 0.469. The predicted octanol–water partition coefficient (Wildman–Crippen LogP) is 1.36. The molecule has 0 bridgehead atoms. The third-order valence-electron chi connectivity index (χ3n) is 2.10. The number of carbonyl (C=O) groups is 1. The van der Waals surface area contributed by atoms with Gasteiger partial charge in [0.2, 0.25) is 0 Å². The lowest BCUT2D eigenvalue weighted by Crippen LogP contribution is -2.29. The van der Waals surface area contributed by atoms with Crippen LogP contribution in [0, 0.1) is 5.92 Å². The summed E-state index contributed by atoms with van der Waals surface area (Å²) in [5.41, 5.74) is 0. The highest BCUT2D eigenvalue weighted by Crippen LogP contribution is 2.19. The van der Waals surface area contributed by atoms with Crippen molar-refractivity contribution in [1.29, 1.82) is 0 Å². The van der Waals surface area contributed by atoms with Crippen molar-refractivity contribution in [2.45, 2.75) is 32.8 Å². The first-order chi connectivity index (χ1) is 5.68. The van der Waals surface area contributed by atoms with E-state index >= 15 is 0 Å². The maximum Gasteiger partial charge on any atom is 0.302 e.